The molecule has 0 aliphatic heterocycles. The maximum atomic E-state index is 10.3. The summed E-state index contributed by atoms with van der Waals surface area (Å²) in [5, 5.41) is 20.6. The van der Waals surface area contributed by atoms with Gasteiger partial charge in [0.2, 0.25) is 0 Å². The second kappa shape index (κ2) is 34.1. The van der Waals surface area contributed by atoms with E-state index in [2.05, 4.69) is 62.5 Å². The summed E-state index contributed by atoms with van der Waals surface area (Å²) in [6.07, 6.45) is 48.6. The number of hydrogen-bond acceptors (Lipinski definition) is 2. The van der Waals surface area contributed by atoms with Gasteiger partial charge in [0.25, 0.3) is 0 Å². The molecule has 0 heterocycles. The molecule has 0 saturated heterocycles. The van der Waals surface area contributed by atoms with Crippen LogP contribution < -0.4 is 0 Å². The van der Waals surface area contributed by atoms with Crippen LogP contribution in [0.15, 0.2) is 48.6 Å². The van der Waals surface area contributed by atoms with E-state index in [1.807, 2.05) is 0 Å². The Morgan fingerprint density at radius 3 is 0.950 bits per heavy atom. The van der Waals surface area contributed by atoms with Gasteiger partial charge in [0.05, 0.1) is 12.2 Å². The zero-order valence-corrected chi connectivity index (χ0v) is 27.1. The SMILES string of the molecule is CCCCCC=CCC=CCCCCCCCCC(O)C(O)CCCCCCCCC=CCC=CCCCCC. The Bertz CT molecular complexity index is 536. The third-order valence-corrected chi connectivity index (χ3v) is 7.85. The molecule has 2 atom stereocenters. The van der Waals surface area contributed by atoms with Crippen LogP contribution in [0.2, 0.25) is 0 Å². The van der Waals surface area contributed by atoms with Crippen molar-refractivity contribution >= 4 is 0 Å². The molecule has 0 fully saturated rings. The Balaban J connectivity index is 3.41. The fourth-order valence-corrected chi connectivity index (χ4v) is 5.07. The van der Waals surface area contributed by atoms with Crippen molar-refractivity contribution in [2.24, 2.45) is 0 Å². The van der Waals surface area contributed by atoms with Gasteiger partial charge in [0.1, 0.15) is 0 Å². The number of aliphatic hydroxyl groups excluding tert-OH is 2. The van der Waals surface area contributed by atoms with E-state index < -0.39 is 12.2 Å². The standard InChI is InChI=1S/C38H70O2/c1-3-5-7-9-11-13-15-17-19-21-23-25-27-29-31-33-35-37(39)38(40)36-34-32-30-28-26-24-22-20-18-16-14-12-10-8-6-4-2/h11-14,17-20,37-40H,3-10,15-16,21-36H2,1-2H3. The van der Waals surface area contributed by atoms with E-state index in [0.717, 1.165) is 38.5 Å². The molecule has 0 spiro atoms. The number of unbranched alkanes of at least 4 members (excludes halogenated alkanes) is 18. The Kier molecular flexibility index (Phi) is 33.1. The highest BCUT2D eigenvalue weighted by atomic mass is 16.3. The first kappa shape index (κ1) is 38.9. The molecular weight excluding hydrogens is 488 g/mol. The lowest BCUT2D eigenvalue weighted by Crippen LogP contribution is -2.25. The summed E-state index contributed by atoms with van der Waals surface area (Å²) in [6, 6.07) is 0. The third-order valence-electron chi connectivity index (χ3n) is 7.85. The van der Waals surface area contributed by atoms with E-state index in [-0.39, 0.29) is 0 Å². The Labute approximate surface area is 251 Å². The highest BCUT2D eigenvalue weighted by Crippen LogP contribution is 2.16. The van der Waals surface area contributed by atoms with Gasteiger partial charge < -0.3 is 10.2 Å². The number of hydrogen-bond donors (Lipinski definition) is 2. The van der Waals surface area contributed by atoms with Gasteiger partial charge in [0, 0.05) is 0 Å². The van der Waals surface area contributed by atoms with Crippen LogP contribution >= 0.6 is 0 Å². The smallest absolute Gasteiger partial charge is 0.0799 e. The molecule has 2 unspecified atom stereocenters. The van der Waals surface area contributed by atoms with E-state index in [1.54, 1.807) is 0 Å². The molecule has 0 aliphatic rings. The van der Waals surface area contributed by atoms with E-state index in [0.29, 0.717) is 0 Å². The maximum absolute atomic E-state index is 10.3. The highest BCUT2D eigenvalue weighted by Gasteiger charge is 2.15. The van der Waals surface area contributed by atoms with Gasteiger partial charge in [-0.15, -0.1) is 0 Å². The van der Waals surface area contributed by atoms with Crippen LogP contribution in [0, 0.1) is 0 Å². The van der Waals surface area contributed by atoms with Crippen molar-refractivity contribution in [3.05, 3.63) is 48.6 Å². The predicted octanol–water partition coefficient (Wildman–Crippen LogP) is 12.1. The van der Waals surface area contributed by atoms with Gasteiger partial charge in [0.15, 0.2) is 0 Å². The first-order valence-corrected chi connectivity index (χ1v) is 17.7. The molecule has 0 aromatic carbocycles. The van der Waals surface area contributed by atoms with Crippen molar-refractivity contribution in [3.63, 3.8) is 0 Å². The summed E-state index contributed by atoms with van der Waals surface area (Å²) in [5.41, 5.74) is 0. The second-order valence-corrected chi connectivity index (χ2v) is 11.9. The van der Waals surface area contributed by atoms with Crippen molar-refractivity contribution < 1.29 is 10.2 Å². The molecule has 2 nitrogen and oxygen atoms in total. The quantitative estimate of drug-likeness (QED) is 0.0656. The summed E-state index contributed by atoms with van der Waals surface area (Å²) in [4.78, 5) is 0. The van der Waals surface area contributed by atoms with Crippen molar-refractivity contribution in [3.8, 4) is 0 Å². The van der Waals surface area contributed by atoms with Crippen LogP contribution in [0.25, 0.3) is 0 Å². The number of aliphatic hydroxyl groups is 2. The van der Waals surface area contributed by atoms with Crippen molar-refractivity contribution in [2.75, 3.05) is 0 Å². The van der Waals surface area contributed by atoms with Crippen molar-refractivity contribution in [1.82, 2.24) is 0 Å². The Morgan fingerprint density at radius 2 is 0.625 bits per heavy atom. The van der Waals surface area contributed by atoms with Crippen LogP contribution in [0.5, 0.6) is 0 Å². The molecule has 2 heteroatoms. The van der Waals surface area contributed by atoms with Gasteiger partial charge >= 0.3 is 0 Å². The van der Waals surface area contributed by atoms with E-state index in [1.165, 1.54) is 128 Å². The van der Waals surface area contributed by atoms with E-state index in [9.17, 15) is 10.2 Å². The molecule has 234 valence electrons. The molecule has 0 radical (unpaired) electrons. The highest BCUT2D eigenvalue weighted by molar-refractivity contribution is 4.93. The summed E-state index contributed by atoms with van der Waals surface area (Å²) >= 11 is 0. The average molecular weight is 559 g/mol. The zero-order valence-electron chi connectivity index (χ0n) is 27.1. The van der Waals surface area contributed by atoms with Crippen LogP contribution in [-0.4, -0.2) is 22.4 Å². The van der Waals surface area contributed by atoms with Gasteiger partial charge in [-0.2, -0.15) is 0 Å². The molecular formula is C38H70O2. The first-order valence-electron chi connectivity index (χ1n) is 17.7. The van der Waals surface area contributed by atoms with Gasteiger partial charge in [-0.3, -0.25) is 0 Å². The monoisotopic (exact) mass is 559 g/mol. The fourth-order valence-electron chi connectivity index (χ4n) is 5.07. The molecule has 0 rings (SSSR count). The Morgan fingerprint density at radius 1 is 0.350 bits per heavy atom. The molecule has 0 saturated carbocycles. The lowest BCUT2D eigenvalue weighted by Gasteiger charge is -2.17. The Hall–Kier alpha value is -1.12. The minimum absolute atomic E-state index is 0.538. The maximum Gasteiger partial charge on any atom is 0.0799 e. The lowest BCUT2D eigenvalue weighted by atomic mass is 9.99. The number of rotatable bonds is 31. The normalized spacial score (nSPS) is 14.0. The zero-order chi connectivity index (χ0) is 29.2. The topological polar surface area (TPSA) is 40.5 Å². The van der Waals surface area contributed by atoms with E-state index in [4.69, 9.17) is 0 Å². The van der Waals surface area contributed by atoms with Crippen LogP contribution in [0.1, 0.15) is 181 Å². The fraction of sp³-hybridized carbons (Fsp3) is 0.789. The summed E-state index contributed by atoms with van der Waals surface area (Å²) < 4.78 is 0. The molecule has 0 aromatic heterocycles. The molecule has 0 amide bonds. The predicted molar refractivity (Wildman–Crippen MR) is 180 cm³/mol. The minimum Gasteiger partial charge on any atom is -0.390 e. The second-order valence-electron chi connectivity index (χ2n) is 11.9. The van der Waals surface area contributed by atoms with Crippen LogP contribution in [0.3, 0.4) is 0 Å². The van der Waals surface area contributed by atoms with Gasteiger partial charge in [-0.25, -0.2) is 0 Å². The molecule has 2 N–H and O–H groups in total. The van der Waals surface area contributed by atoms with Gasteiger partial charge in [-0.1, -0.05) is 152 Å². The minimum atomic E-state index is -0.538. The van der Waals surface area contributed by atoms with Crippen molar-refractivity contribution in [1.29, 1.82) is 0 Å². The molecule has 0 aliphatic carbocycles. The molecule has 0 bridgehead atoms. The third kappa shape index (κ3) is 31.4. The lowest BCUT2D eigenvalue weighted by molar-refractivity contribution is 0.00712. The van der Waals surface area contributed by atoms with Crippen molar-refractivity contribution in [2.45, 2.75) is 193 Å². The summed E-state index contributed by atoms with van der Waals surface area (Å²) in [6.45, 7) is 4.51. The summed E-state index contributed by atoms with van der Waals surface area (Å²) in [5.74, 6) is 0. The van der Waals surface area contributed by atoms with Gasteiger partial charge in [-0.05, 0) is 77.0 Å². The average Bonchev–Trinajstić information content (AvgIpc) is 2.96. The molecule has 40 heavy (non-hydrogen) atoms. The van der Waals surface area contributed by atoms with Crippen LogP contribution in [0.4, 0.5) is 0 Å². The molecule has 0 aromatic rings. The van der Waals surface area contributed by atoms with Crippen LogP contribution in [-0.2, 0) is 0 Å². The number of allylic oxidation sites excluding steroid dienone is 8. The summed E-state index contributed by atoms with van der Waals surface area (Å²) in [7, 11) is 0. The largest absolute Gasteiger partial charge is 0.390 e. The van der Waals surface area contributed by atoms with E-state index >= 15 is 0 Å². The first-order chi connectivity index (χ1) is 19.7.